The van der Waals surface area contributed by atoms with Crippen molar-refractivity contribution in [2.45, 2.75) is 38.1 Å². The van der Waals surface area contributed by atoms with Crippen LogP contribution < -0.4 is 10.9 Å². The summed E-state index contributed by atoms with van der Waals surface area (Å²) >= 11 is 0. The fourth-order valence-corrected chi connectivity index (χ4v) is 3.98. The number of amidine groups is 1. The highest BCUT2D eigenvalue weighted by Crippen LogP contribution is 2.39. The van der Waals surface area contributed by atoms with Crippen LogP contribution in [-0.2, 0) is 18.3 Å². The minimum atomic E-state index is -4.56. The quantitative estimate of drug-likeness (QED) is 0.617. The number of aliphatic imine (C=N–C) groups is 1. The molecule has 166 valence electrons. The molecule has 9 heteroatoms. The Morgan fingerprint density at radius 2 is 1.75 bits per heavy atom. The van der Waals surface area contributed by atoms with Gasteiger partial charge in [0.15, 0.2) is 0 Å². The van der Waals surface area contributed by atoms with E-state index in [0.717, 1.165) is 6.07 Å². The van der Waals surface area contributed by atoms with Crippen molar-refractivity contribution in [2.24, 2.45) is 4.99 Å². The Morgan fingerprint density at radius 1 is 1.06 bits per heavy atom. The zero-order chi connectivity index (χ0) is 23.1. The molecular formula is C23H20F4N4O. The number of nitrogens with zero attached hydrogens (tertiary/aromatic N) is 3. The van der Waals surface area contributed by atoms with Gasteiger partial charge in [0.05, 0.1) is 6.04 Å². The van der Waals surface area contributed by atoms with Gasteiger partial charge in [-0.1, -0.05) is 18.2 Å². The molecule has 2 atom stereocenters. The van der Waals surface area contributed by atoms with E-state index in [0.29, 0.717) is 29.1 Å². The molecule has 1 aliphatic rings. The zero-order valence-corrected chi connectivity index (χ0v) is 17.3. The summed E-state index contributed by atoms with van der Waals surface area (Å²) in [7, 11) is 0. The summed E-state index contributed by atoms with van der Waals surface area (Å²) in [5, 5.41) is 3.34. The van der Waals surface area contributed by atoms with Gasteiger partial charge in [-0.15, -0.1) is 0 Å². The molecule has 0 saturated heterocycles. The van der Waals surface area contributed by atoms with E-state index in [1.807, 2.05) is 13.8 Å². The van der Waals surface area contributed by atoms with E-state index in [4.69, 9.17) is 4.99 Å². The third-order valence-electron chi connectivity index (χ3n) is 5.67. The maximum absolute atomic E-state index is 13.6. The van der Waals surface area contributed by atoms with Gasteiger partial charge in [0, 0.05) is 36.1 Å². The lowest BCUT2D eigenvalue weighted by molar-refractivity contribution is -0.141. The van der Waals surface area contributed by atoms with E-state index in [9.17, 15) is 22.4 Å². The molecule has 0 fully saturated rings. The number of hydrogen-bond donors (Lipinski definition) is 1. The van der Waals surface area contributed by atoms with Gasteiger partial charge in [-0.3, -0.25) is 14.8 Å². The Morgan fingerprint density at radius 3 is 2.34 bits per heavy atom. The number of aromatic nitrogens is 2. The summed E-state index contributed by atoms with van der Waals surface area (Å²) in [4.78, 5) is 20.3. The van der Waals surface area contributed by atoms with E-state index in [1.165, 1.54) is 35.0 Å². The van der Waals surface area contributed by atoms with Crippen LogP contribution in [0.4, 0.5) is 17.6 Å². The van der Waals surface area contributed by atoms with Crippen LogP contribution >= 0.6 is 0 Å². The maximum atomic E-state index is 13.6. The number of hydrogen-bond acceptors (Lipinski definition) is 4. The molecule has 0 radical (unpaired) electrons. The van der Waals surface area contributed by atoms with Crippen LogP contribution in [0.15, 0.2) is 70.7 Å². The fraction of sp³-hybridized carbons (Fsp3) is 0.261. The number of rotatable bonds is 4. The normalized spacial score (nSPS) is 20.7. The molecule has 32 heavy (non-hydrogen) atoms. The van der Waals surface area contributed by atoms with E-state index in [-0.39, 0.29) is 5.56 Å². The van der Waals surface area contributed by atoms with Gasteiger partial charge >= 0.3 is 6.18 Å². The summed E-state index contributed by atoms with van der Waals surface area (Å²) in [6.45, 7) is 4.13. The van der Waals surface area contributed by atoms with E-state index in [2.05, 4.69) is 10.3 Å². The third kappa shape index (κ3) is 3.68. The van der Waals surface area contributed by atoms with Crippen molar-refractivity contribution < 1.29 is 17.6 Å². The SMILES string of the molecule is CCn1cc(C2=N[C@@H](C)[C@@](c3ccc(F)cc3)(c3ccc(C(F)(F)F)nc3)N2)ccc1=O. The van der Waals surface area contributed by atoms with Crippen LogP contribution in [0.25, 0.3) is 0 Å². The number of halogens is 4. The topological polar surface area (TPSA) is 59.3 Å². The Labute approximate surface area is 181 Å². The lowest BCUT2D eigenvalue weighted by Gasteiger charge is -2.35. The summed E-state index contributed by atoms with van der Waals surface area (Å²) < 4.78 is 54.3. The molecule has 4 rings (SSSR count). The van der Waals surface area contributed by atoms with E-state index < -0.39 is 29.3 Å². The Hall–Kier alpha value is -3.49. The molecule has 1 aliphatic heterocycles. The van der Waals surface area contributed by atoms with Gasteiger partial charge in [0.25, 0.3) is 5.56 Å². The molecule has 0 bridgehead atoms. The average molecular weight is 444 g/mol. The molecule has 2 aromatic heterocycles. The molecule has 0 aliphatic carbocycles. The minimum Gasteiger partial charge on any atom is -0.354 e. The van der Waals surface area contributed by atoms with Gasteiger partial charge < -0.3 is 9.88 Å². The first-order valence-corrected chi connectivity index (χ1v) is 10.0. The van der Waals surface area contributed by atoms with Crippen LogP contribution in [-0.4, -0.2) is 21.4 Å². The van der Waals surface area contributed by atoms with Crippen LogP contribution in [0.5, 0.6) is 0 Å². The van der Waals surface area contributed by atoms with Gasteiger partial charge in [-0.05, 0) is 43.7 Å². The summed E-state index contributed by atoms with van der Waals surface area (Å²) in [5.74, 6) is 0.0418. The van der Waals surface area contributed by atoms with Crippen molar-refractivity contribution in [2.75, 3.05) is 0 Å². The summed E-state index contributed by atoms with van der Waals surface area (Å²) in [5.41, 5.74) is -0.505. The van der Waals surface area contributed by atoms with Crippen LogP contribution in [0.2, 0.25) is 0 Å². The predicted octanol–water partition coefficient (Wildman–Crippen LogP) is 4.10. The number of pyridine rings is 2. The largest absolute Gasteiger partial charge is 0.433 e. The van der Waals surface area contributed by atoms with Gasteiger partial charge in [-0.25, -0.2) is 4.39 Å². The minimum absolute atomic E-state index is 0.153. The monoisotopic (exact) mass is 444 g/mol. The highest BCUT2D eigenvalue weighted by molar-refractivity contribution is 6.01. The summed E-state index contributed by atoms with van der Waals surface area (Å²) in [6, 6.07) is 10.6. The molecule has 0 spiro atoms. The lowest BCUT2D eigenvalue weighted by atomic mass is 9.79. The first-order chi connectivity index (χ1) is 15.1. The molecule has 0 amide bonds. The van der Waals surface area contributed by atoms with Crippen molar-refractivity contribution in [3.63, 3.8) is 0 Å². The van der Waals surface area contributed by atoms with Crippen LogP contribution in [0.1, 0.15) is 36.2 Å². The Kier molecular flexibility index (Phi) is 5.36. The second-order valence-electron chi connectivity index (χ2n) is 7.57. The molecule has 0 saturated carbocycles. The van der Waals surface area contributed by atoms with Crippen molar-refractivity contribution in [3.05, 3.63) is 99.5 Å². The van der Waals surface area contributed by atoms with Crippen molar-refractivity contribution in [1.29, 1.82) is 0 Å². The number of nitrogens with one attached hydrogen (secondary N) is 1. The van der Waals surface area contributed by atoms with Gasteiger partial charge in [0.1, 0.15) is 22.9 Å². The number of aryl methyl sites for hydroxylation is 1. The second-order valence-corrected chi connectivity index (χ2v) is 7.57. The summed E-state index contributed by atoms with van der Waals surface area (Å²) in [6.07, 6.45) is -1.72. The van der Waals surface area contributed by atoms with Gasteiger partial charge in [-0.2, -0.15) is 13.2 Å². The molecule has 1 aromatic carbocycles. The molecule has 5 nitrogen and oxygen atoms in total. The Balaban J connectivity index is 1.83. The lowest BCUT2D eigenvalue weighted by Crippen LogP contribution is -2.48. The van der Waals surface area contributed by atoms with Crippen molar-refractivity contribution in [3.8, 4) is 0 Å². The molecule has 3 heterocycles. The average Bonchev–Trinajstić information content (AvgIpc) is 3.12. The highest BCUT2D eigenvalue weighted by Gasteiger charge is 2.46. The fourth-order valence-electron chi connectivity index (χ4n) is 3.98. The van der Waals surface area contributed by atoms with Crippen molar-refractivity contribution in [1.82, 2.24) is 14.9 Å². The van der Waals surface area contributed by atoms with E-state index >= 15 is 0 Å². The number of benzene rings is 1. The number of alkyl halides is 3. The second kappa shape index (κ2) is 7.89. The first kappa shape index (κ1) is 21.7. The Bertz CT molecular complexity index is 1220. The molecule has 1 N–H and O–H groups in total. The molecular weight excluding hydrogens is 424 g/mol. The standard InChI is InChI=1S/C23H20F4N4O/c1-3-31-13-15(4-11-20(31)32)21-29-14(2)22(30-21,16-5-8-18(24)9-6-16)17-7-10-19(28-12-17)23(25,26)27/h4-14H,3H2,1-2H3,(H,29,30)/t14-,22+/m0/s1. The molecule has 3 aromatic rings. The van der Waals surface area contributed by atoms with Crippen molar-refractivity contribution >= 4 is 5.84 Å². The third-order valence-corrected chi connectivity index (χ3v) is 5.67. The maximum Gasteiger partial charge on any atom is 0.433 e. The predicted molar refractivity (Wildman–Crippen MR) is 112 cm³/mol. The van der Waals surface area contributed by atoms with Crippen LogP contribution in [0, 0.1) is 5.82 Å². The first-order valence-electron chi connectivity index (χ1n) is 10.0. The van der Waals surface area contributed by atoms with E-state index in [1.54, 1.807) is 24.4 Å². The smallest absolute Gasteiger partial charge is 0.354 e. The highest BCUT2D eigenvalue weighted by atomic mass is 19.4. The van der Waals surface area contributed by atoms with Gasteiger partial charge in [0.2, 0.25) is 0 Å². The molecule has 0 unspecified atom stereocenters. The zero-order valence-electron chi connectivity index (χ0n) is 17.3. The van der Waals surface area contributed by atoms with Crippen LogP contribution in [0.3, 0.4) is 0 Å².